The van der Waals surface area contributed by atoms with Crippen molar-refractivity contribution in [2.75, 3.05) is 13.1 Å². The quantitative estimate of drug-likeness (QED) is 0.510. The molecule has 2 rings (SSSR count). The minimum Gasteiger partial charge on any atom is -0.220 e. The maximum absolute atomic E-state index is 5.73. The van der Waals surface area contributed by atoms with Gasteiger partial charge in [-0.2, -0.15) is 8.76 Å². The molecule has 96 valence electrons. The van der Waals surface area contributed by atoms with E-state index in [1.807, 2.05) is 4.31 Å². The zero-order valence-electron chi connectivity index (χ0n) is 7.88. The standard InChI is InChI=1S/C6H4Cl6N4S/c7-5(8,9)3-13-4(6(10,11)12)15-17(14-3)16-1-2-16/h1-2H2. The molecule has 0 amide bonds. The number of alkyl halides is 6. The molecule has 0 radical (unpaired) electrons. The van der Waals surface area contributed by atoms with Gasteiger partial charge in [-0.1, -0.05) is 69.6 Å². The first-order chi connectivity index (χ1) is 7.68. The van der Waals surface area contributed by atoms with E-state index in [2.05, 4.69) is 13.8 Å². The first-order valence-electron chi connectivity index (χ1n) is 4.21. The van der Waals surface area contributed by atoms with Crippen LogP contribution in [0.1, 0.15) is 0 Å². The lowest BCUT2D eigenvalue weighted by molar-refractivity contribution is 0.936. The molecule has 1 fully saturated rings. The molecule has 1 atom stereocenters. The molecular weight excluding hydrogens is 373 g/mol. The Morgan fingerprint density at radius 1 is 0.941 bits per heavy atom. The van der Waals surface area contributed by atoms with Crippen LogP contribution in [0.4, 0.5) is 0 Å². The predicted molar refractivity (Wildman–Crippen MR) is 76.8 cm³/mol. The molecule has 17 heavy (non-hydrogen) atoms. The largest absolute Gasteiger partial charge is 0.250 e. The van der Waals surface area contributed by atoms with Crippen LogP contribution in [0.2, 0.25) is 0 Å². The van der Waals surface area contributed by atoms with Crippen LogP contribution in [-0.4, -0.2) is 36.7 Å². The van der Waals surface area contributed by atoms with Crippen molar-refractivity contribution in [2.45, 2.75) is 7.59 Å². The second-order valence-corrected chi connectivity index (χ2v) is 9.04. The Morgan fingerprint density at radius 3 is 1.88 bits per heavy atom. The third kappa shape index (κ3) is 3.83. The monoisotopic (exact) mass is 374 g/mol. The van der Waals surface area contributed by atoms with Crippen LogP contribution >= 0.6 is 69.6 Å². The van der Waals surface area contributed by atoms with Gasteiger partial charge >= 0.3 is 0 Å². The fourth-order valence-electron chi connectivity index (χ4n) is 0.866. The Balaban J connectivity index is 2.41. The number of nitrogens with zero attached hydrogens (tertiary/aromatic N) is 4. The summed E-state index contributed by atoms with van der Waals surface area (Å²) in [6, 6.07) is 0. The van der Waals surface area contributed by atoms with Crippen LogP contribution in [0, 0.1) is 0 Å². The number of aliphatic imine (C=N–C) groups is 1. The second-order valence-electron chi connectivity index (χ2n) is 3.11. The number of halogens is 6. The van der Waals surface area contributed by atoms with Gasteiger partial charge in [-0.05, 0) is 0 Å². The van der Waals surface area contributed by atoms with E-state index in [0.717, 1.165) is 13.1 Å². The molecule has 4 nitrogen and oxygen atoms in total. The molecule has 0 aromatic rings. The van der Waals surface area contributed by atoms with Crippen molar-refractivity contribution in [1.82, 2.24) is 4.31 Å². The third-order valence-electron chi connectivity index (χ3n) is 1.69. The van der Waals surface area contributed by atoms with Gasteiger partial charge in [0.25, 0.3) is 7.59 Å². The lowest BCUT2D eigenvalue weighted by atomic mass is 10.6. The van der Waals surface area contributed by atoms with Crippen LogP contribution < -0.4 is 0 Å². The summed E-state index contributed by atoms with van der Waals surface area (Å²) in [5, 5.41) is 0. The molecule has 2 aliphatic rings. The van der Waals surface area contributed by atoms with Crippen LogP contribution in [0.3, 0.4) is 0 Å². The molecule has 0 bridgehead atoms. The van der Waals surface area contributed by atoms with Gasteiger partial charge in [-0.15, -0.1) is 0 Å². The molecular formula is C6H4Cl6N4S. The number of hydrogen-bond acceptors (Lipinski definition) is 4. The summed E-state index contributed by atoms with van der Waals surface area (Å²) in [6.45, 7) is 1.72. The lowest BCUT2D eigenvalue weighted by Gasteiger charge is -2.19. The van der Waals surface area contributed by atoms with Crippen molar-refractivity contribution in [3.63, 3.8) is 0 Å². The highest BCUT2D eigenvalue weighted by Gasteiger charge is 2.38. The van der Waals surface area contributed by atoms with E-state index in [1.165, 1.54) is 0 Å². The van der Waals surface area contributed by atoms with Gasteiger partial charge in [0.05, 0.1) is 0 Å². The van der Waals surface area contributed by atoms with Crippen molar-refractivity contribution >= 4 is 92.3 Å². The first-order valence-corrected chi connectivity index (χ1v) is 7.57. The molecule has 2 heterocycles. The van der Waals surface area contributed by atoms with Gasteiger partial charge in [0.15, 0.2) is 11.7 Å². The third-order valence-corrected chi connectivity index (χ3v) is 4.21. The summed E-state index contributed by atoms with van der Waals surface area (Å²) in [4.78, 5) is 3.87. The molecule has 0 aromatic heterocycles. The highest BCUT2D eigenvalue weighted by Crippen LogP contribution is 2.35. The van der Waals surface area contributed by atoms with E-state index in [9.17, 15) is 0 Å². The van der Waals surface area contributed by atoms with Crippen LogP contribution in [0.25, 0.3) is 0 Å². The number of amidine groups is 2. The van der Waals surface area contributed by atoms with Crippen molar-refractivity contribution in [2.24, 2.45) is 13.8 Å². The number of hydrogen-bond donors (Lipinski definition) is 0. The number of rotatable bonds is 1. The zero-order valence-corrected chi connectivity index (χ0v) is 13.2. The Kier molecular flexibility index (Phi) is 4.24. The van der Waals surface area contributed by atoms with Gasteiger partial charge < -0.3 is 0 Å². The summed E-state index contributed by atoms with van der Waals surface area (Å²) in [6.07, 6.45) is 0. The summed E-state index contributed by atoms with van der Waals surface area (Å²) >= 11 is 33.5. The van der Waals surface area contributed by atoms with Gasteiger partial charge in [0.2, 0.25) is 0 Å². The summed E-state index contributed by atoms with van der Waals surface area (Å²) < 4.78 is 6.65. The lowest BCUT2D eigenvalue weighted by Crippen LogP contribution is -2.28. The van der Waals surface area contributed by atoms with Crippen LogP contribution in [0.5, 0.6) is 0 Å². The Labute approximate surface area is 130 Å². The van der Waals surface area contributed by atoms with E-state index in [1.54, 1.807) is 0 Å². The summed E-state index contributed by atoms with van der Waals surface area (Å²) in [7, 11) is 0. The second kappa shape index (κ2) is 4.94. The molecule has 1 unspecified atom stereocenters. The van der Waals surface area contributed by atoms with E-state index in [0.29, 0.717) is 0 Å². The van der Waals surface area contributed by atoms with E-state index in [-0.39, 0.29) is 11.7 Å². The molecule has 0 saturated carbocycles. The zero-order chi connectivity index (χ0) is 12.8. The van der Waals surface area contributed by atoms with Crippen molar-refractivity contribution in [1.29, 1.82) is 0 Å². The fourth-order valence-corrected chi connectivity index (χ4v) is 3.02. The Bertz CT molecular complexity index is 414. The Hall–Kier alpha value is 1.19. The molecule has 0 spiro atoms. The maximum atomic E-state index is 5.73. The Morgan fingerprint density at radius 2 is 1.47 bits per heavy atom. The van der Waals surface area contributed by atoms with Crippen LogP contribution in [-0.2, 0) is 11.1 Å². The fraction of sp³-hybridized carbons (Fsp3) is 0.667. The molecule has 0 aromatic carbocycles. The van der Waals surface area contributed by atoms with E-state index >= 15 is 0 Å². The molecule has 2 aliphatic heterocycles. The van der Waals surface area contributed by atoms with Crippen molar-refractivity contribution in [3.05, 3.63) is 0 Å². The SMILES string of the molecule is ClC(Cl)(Cl)C1=NC(C(Cl)(Cl)Cl)=NS(N2CC2)=N1. The summed E-state index contributed by atoms with van der Waals surface area (Å²) in [5.41, 5.74) is 0. The highest BCUT2D eigenvalue weighted by atomic mass is 35.6. The van der Waals surface area contributed by atoms with E-state index in [4.69, 9.17) is 69.6 Å². The topological polar surface area (TPSA) is 40.1 Å². The normalized spacial score (nSPS) is 26.1. The van der Waals surface area contributed by atoms with E-state index < -0.39 is 18.6 Å². The summed E-state index contributed by atoms with van der Waals surface area (Å²) in [5.74, 6) is -0.0388. The molecule has 0 aliphatic carbocycles. The van der Waals surface area contributed by atoms with Crippen molar-refractivity contribution < 1.29 is 0 Å². The van der Waals surface area contributed by atoms with Gasteiger partial charge in [0.1, 0.15) is 11.1 Å². The van der Waals surface area contributed by atoms with Crippen LogP contribution in [0.15, 0.2) is 13.8 Å². The van der Waals surface area contributed by atoms with Gasteiger partial charge in [-0.3, -0.25) is 0 Å². The minimum atomic E-state index is -1.77. The van der Waals surface area contributed by atoms with Gasteiger partial charge in [-0.25, -0.2) is 9.30 Å². The molecule has 11 heteroatoms. The van der Waals surface area contributed by atoms with Gasteiger partial charge in [0, 0.05) is 13.1 Å². The highest BCUT2D eigenvalue weighted by molar-refractivity contribution is 7.84. The average molecular weight is 377 g/mol. The maximum Gasteiger partial charge on any atom is 0.250 e. The first kappa shape index (κ1) is 14.6. The van der Waals surface area contributed by atoms with Crippen molar-refractivity contribution in [3.8, 4) is 0 Å². The smallest absolute Gasteiger partial charge is 0.220 e. The molecule has 0 N–H and O–H groups in total. The average Bonchev–Trinajstić information content (AvgIpc) is 2.97. The molecule has 1 saturated heterocycles. The minimum absolute atomic E-state index is 0.0194. The predicted octanol–water partition coefficient (Wildman–Crippen LogP) is 3.48.